The maximum atomic E-state index is 11.2. The second kappa shape index (κ2) is 3.23. The first-order valence-corrected chi connectivity index (χ1v) is 5.19. The van der Waals surface area contributed by atoms with Gasteiger partial charge in [-0.05, 0) is 30.5 Å². The van der Waals surface area contributed by atoms with Crippen molar-refractivity contribution in [1.29, 1.82) is 0 Å². The lowest BCUT2D eigenvalue weighted by Gasteiger charge is -2.32. The molecule has 0 heterocycles. The number of carbonyl (C=O) groups excluding carboxylic acids is 1. The summed E-state index contributed by atoms with van der Waals surface area (Å²) in [6.45, 7) is 6.28. The van der Waals surface area contributed by atoms with Crippen LogP contribution in [0.15, 0.2) is 18.2 Å². The molecule has 1 nitrogen and oxygen atoms in total. The van der Waals surface area contributed by atoms with Crippen molar-refractivity contribution in [3.63, 3.8) is 0 Å². The van der Waals surface area contributed by atoms with Gasteiger partial charge in [-0.1, -0.05) is 25.1 Å². The van der Waals surface area contributed by atoms with Crippen molar-refractivity contribution in [2.45, 2.75) is 33.1 Å². The van der Waals surface area contributed by atoms with Gasteiger partial charge in [-0.25, -0.2) is 0 Å². The van der Waals surface area contributed by atoms with Crippen molar-refractivity contribution < 1.29 is 4.79 Å². The molecule has 1 fully saturated rings. The maximum absolute atomic E-state index is 11.2. The van der Waals surface area contributed by atoms with Crippen LogP contribution >= 0.6 is 0 Å². The molecule has 2 atom stereocenters. The molecule has 0 aliphatic heterocycles. The first-order chi connectivity index (χ1) is 6.59. The number of aryl methyl sites for hydroxylation is 2. The molecule has 74 valence electrons. The summed E-state index contributed by atoms with van der Waals surface area (Å²) in [5.74, 6) is 1.12. The van der Waals surface area contributed by atoms with E-state index in [4.69, 9.17) is 0 Å². The summed E-state index contributed by atoms with van der Waals surface area (Å²) in [4.78, 5) is 11.2. The summed E-state index contributed by atoms with van der Waals surface area (Å²) < 4.78 is 0. The Morgan fingerprint density at radius 2 is 1.93 bits per heavy atom. The van der Waals surface area contributed by atoms with Gasteiger partial charge in [0.2, 0.25) is 0 Å². The van der Waals surface area contributed by atoms with E-state index < -0.39 is 0 Å². The summed E-state index contributed by atoms with van der Waals surface area (Å²) >= 11 is 0. The van der Waals surface area contributed by atoms with Gasteiger partial charge in [0.05, 0.1) is 0 Å². The van der Waals surface area contributed by atoms with Crippen LogP contribution in [0.3, 0.4) is 0 Å². The van der Waals surface area contributed by atoms with Crippen LogP contribution in [0.1, 0.15) is 36.0 Å². The summed E-state index contributed by atoms with van der Waals surface area (Å²) in [6, 6.07) is 6.54. The number of rotatable bonds is 1. The summed E-state index contributed by atoms with van der Waals surface area (Å²) in [5.41, 5.74) is 3.99. The molecule has 0 aromatic heterocycles. The number of hydrogen-bond acceptors (Lipinski definition) is 1. The van der Waals surface area contributed by atoms with Crippen molar-refractivity contribution in [2.75, 3.05) is 0 Å². The second-order valence-electron chi connectivity index (χ2n) is 4.41. The fraction of sp³-hybridized carbons (Fsp3) is 0.462. The van der Waals surface area contributed by atoms with Gasteiger partial charge in [0.1, 0.15) is 5.78 Å². The molecule has 0 radical (unpaired) electrons. The number of benzene rings is 1. The van der Waals surface area contributed by atoms with E-state index in [9.17, 15) is 4.79 Å². The van der Waals surface area contributed by atoms with Crippen molar-refractivity contribution in [1.82, 2.24) is 0 Å². The van der Waals surface area contributed by atoms with Crippen LogP contribution in [0.25, 0.3) is 0 Å². The van der Waals surface area contributed by atoms with Gasteiger partial charge in [-0.3, -0.25) is 4.79 Å². The van der Waals surface area contributed by atoms with Crippen LogP contribution in [-0.2, 0) is 4.79 Å². The number of Topliss-reactive ketones (excluding diaryl/α,β-unsaturated/α-hetero) is 1. The number of carbonyl (C=O) groups is 1. The van der Waals surface area contributed by atoms with Crippen molar-refractivity contribution >= 4 is 5.78 Å². The monoisotopic (exact) mass is 188 g/mol. The van der Waals surface area contributed by atoms with Crippen LogP contribution in [0.4, 0.5) is 0 Å². The first-order valence-electron chi connectivity index (χ1n) is 5.19. The van der Waals surface area contributed by atoms with Crippen LogP contribution < -0.4 is 0 Å². The fourth-order valence-corrected chi connectivity index (χ4v) is 2.05. The zero-order valence-corrected chi connectivity index (χ0v) is 9.00. The van der Waals surface area contributed by atoms with E-state index in [1.807, 2.05) is 6.92 Å². The van der Waals surface area contributed by atoms with Gasteiger partial charge >= 0.3 is 0 Å². The molecule has 0 amide bonds. The Balaban J connectivity index is 2.26. The Hall–Kier alpha value is -1.11. The van der Waals surface area contributed by atoms with Crippen molar-refractivity contribution in [3.8, 4) is 0 Å². The van der Waals surface area contributed by atoms with E-state index in [0.29, 0.717) is 11.7 Å². The van der Waals surface area contributed by atoms with E-state index in [1.54, 1.807) is 0 Å². The lowest BCUT2D eigenvalue weighted by atomic mass is 9.70. The third-order valence-electron chi connectivity index (χ3n) is 3.49. The first kappa shape index (κ1) is 9.45. The van der Waals surface area contributed by atoms with E-state index in [-0.39, 0.29) is 5.92 Å². The highest BCUT2D eigenvalue weighted by atomic mass is 16.1. The molecular weight excluding hydrogens is 172 g/mol. The Kier molecular flexibility index (Phi) is 2.18. The molecule has 1 aliphatic carbocycles. The topological polar surface area (TPSA) is 17.1 Å². The minimum Gasteiger partial charge on any atom is -0.299 e. The standard InChI is InChI=1S/C13H16O/c1-8-4-5-11(6-9(8)2)12-7-13(14)10(12)3/h4-6,10,12H,7H2,1-3H3. The lowest BCUT2D eigenvalue weighted by molar-refractivity contribution is -0.130. The Labute approximate surface area is 85.1 Å². The summed E-state index contributed by atoms with van der Waals surface area (Å²) in [7, 11) is 0. The van der Waals surface area contributed by atoms with E-state index >= 15 is 0 Å². The quantitative estimate of drug-likeness (QED) is 0.662. The molecule has 1 aliphatic rings. The van der Waals surface area contributed by atoms with Crippen molar-refractivity contribution in [3.05, 3.63) is 34.9 Å². The molecule has 0 saturated heterocycles. The zero-order chi connectivity index (χ0) is 10.3. The number of ketones is 1. The average molecular weight is 188 g/mol. The largest absolute Gasteiger partial charge is 0.299 e. The Bertz CT molecular complexity index is 379. The third kappa shape index (κ3) is 1.37. The van der Waals surface area contributed by atoms with Gasteiger partial charge < -0.3 is 0 Å². The molecule has 0 bridgehead atoms. The van der Waals surface area contributed by atoms with Gasteiger partial charge in [0.15, 0.2) is 0 Å². The molecule has 14 heavy (non-hydrogen) atoms. The molecular formula is C13H16O. The Morgan fingerprint density at radius 1 is 1.21 bits per heavy atom. The highest BCUT2D eigenvalue weighted by molar-refractivity contribution is 5.88. The van der Waals surface area contributed by atoms with Crippen LogP contribution in [0, 0.1) is 19.8 Å². The lowest BCUT2D eigenvalue weighted by Crippen LogP contribution is -2.32. The van der Waals surface area contributed by atoms with Gasteiger partial charge in [0.25, 0.3) is 0 Å². The maximum Gasteiger partial charge on any atom is 0.136 e. The van der Waals surface area contributed by atoms with Gasteiger partial charge in [-0.2, -0.15) is 0 Å². The molecule has 1 heteroatoms. The van der Waals surface area contributed by atoms with E-state index in [1.165, 1.54) is 16.7 Å². The van der Waals surface area contributed by atoms with Crippen molar-refractivity contribution in [2.24, 2.45) is 5.92 Å². The minimum absolute atomic E-state index is 0.233. The number of hydrogen-bond donors (Lipinski definition) is 0. The molecule has 1 aromatic rings. The summed E-state index contributed by atoms with van der Waals surface area (Å²) in [5, 5.41) is 0. The average Bonchev–Trinajstić information content (AvgIpc) is 2.18. The van der Waals surface area contributed by atoms with Gasteiger partial charge in [0, 0.05) is 18.3 Å². The van der Waals surface area contributed by atoms with Crippen LogP contribution in [0.2, 0.25) is 0 Å². The van der Waals surface area contributed by atoms with Gasteiger partial charge in [-0.15, -0.1) is 0 Å². The normalized spacial score (nSPS) is 26.1. The second-order valence-corrected chi connectivity index (χ2v) is 4.41. The highest BCUT2D eigenvalue weighted by Crippen LogP contribution is 2.39. The highest BCUT2D eigenvalue weighted by Gasteiger charge is 2.36. The SMILES string of the molecule is Cc1ccc(C2CC(=O)C2C)cc1C. The van der Waals surface area contributed by atoms with E-state index in [2.05, 4.69) is 32.0 Å². The molecule has 1 aromatic carbocycles. The minimum atomic E-state index is 0.233. The molecule has 0 N–H and O–H groups in total. The van der Waals surface area contributed by atoms with Crippen LogP contribution in [0.5, 0.6) is 0 Å². The molecule has 1 saturated carbocycles. The zero-order valence-electron chi connectivity index (χ0n) is 9.00. The predicted molar refractivity (Wildman–Crippen MR) is 57.4 cm³/mol. The fourth-order valence-electron chi connectivity index (χ4n) is 2.05. The summed E-state index contributed by atoms with van der Waals surface area (Å²) in [6.07, 6.45) is 0.740. The third-order valence-corrected chi connectivity index (χ3v) is 3.49. The Morgan fingerprint density at radius 3 is 2.43 bits per heavy atom. The molecule has 2 unspecified atom stereocenters. The smallest absolute Gasteiger partial charge is 0.136 e. The van der Waals surface area contributed by atoms with E-state index in [0.717, 1.165) is 6.42 Å². The van der Waals surface area contributed by atoms with Crippen LogP contribution in [-0.4, -0.2) is 5.78 Å². The molecule has 2 rings (SSSR count). The predicted octanol–water partition coefficient (Wildman–Crippen LogP) is 3.00. The molecule has 0 spiro atoms.